The minimum atomic E-state index is -0.984. The summed E-state index contributed by atoms with van der Waals surface area (Å²) >= 11 is 3.46. The van der Waals surface area contributed by atoms with E-state index in [0.29, 0.717) is 18.1 Å². The Kier molecular flexibility index (Phi) is 6.09. The summed E-state index contributed by atoms with van der Waals surface area (Å²) in [6.45, 7) is 7.69. The van der Waals surface area contributed by atoms with Gasteiger partial charge in [-0.2, -0.15) is 0 Å². The molecule has 0 aliphatic carbocycles. The van der Waals surface area contributed by atoms with Gasteiger partial charge in [0.25, 0.3) is 0 Å². The average molecular weight is 327 g/mol. The van der Waals surface area contributed by atoms with E-state index >= 15 is 0 Å². The number of halogens is 1. The first kappa shape index (κ1) is 15.8. The molecule has 19 heavy (non-hydrogen) atoms. The van der Waals surface area contributed by atoms with Crippen molar-refractivity contribution in [1.29, 1.82) is 0 Å². The van der Waals surface area contributed by atoms with Gasteiger partial charge in [-0.25, -0.2) is 4.79 Å². The van der Waals surface area contributed by atoms with E-state index in [2.05, 4.69) is 42.4 Å². The molecule has 0 spiro atoms. The Labute approximate surface area is 122 Å². The van der Waals surface area contributed by atoms with Crippen LogP contribution in [0.5, 0.6) is 5.75 Å². The minimum Gasteiger partial charge on any atom is -0.480 e. The first-order chi connectivity index (χ1) is 8.99. The van der Waals surface area contributed by atoms with E-state index in [-0.39, 0.29) is 6.61 Å². The van der Waals surface area contributed by atoms with Crippen LogP contribution in [0, 0.1) is 0 Å². The predicted molar refractivity (Wildman–Crippen MR) is 79.9 cm³/mol. The van der Waals surface area contributed by atoms with Crippen molar-refractivity contribution in [3.8, 4) is 5.75 Å². The fourth-order valence-corrected chi connectivity index (χ4v) is 2.43. The van der Waals surface area contributed by atoms with Gasteiger partial charge >= 0.3 is 5.97 Å². The summed E-state index contributed by atoms with van der Waals surface area (Å²) in [5.74, 6) is 0.0604. The summed E-state index contributed by atoms with van der Waals surface area (Å²) in [6, 6.07) is 4.07. The molecule has 1 atom stereocenters. The smallest absolute Gasteiger partial charge is 0.341 e. The van der Waals surface area contributed by atoms with Crippen LogP contribution in [-0.4, -0.2) is 17.7 Å². The van der Waals surface area contributed by atoms with Gasteiger partial charge in [0.05, 0.1) is 4.47 Å². The van der Waals surface area contributed by atoms with Crippen molar-refractivity contribution < 1.29 is 14.6 Å². The highest BCUT2D eigenvalue weighted by Crippen LogP contribution is 2.34. The third kappa shape index (κ3) is 4.39. The molecule has 0 saturated heterocycles. The molecule has 1 aromatic rings. The summed E-state index contributed by atoms with van der Waals surface area (Å²) in [4.78, 5) is 10.6. The maximum absolute atomic E-state index is 10.6. The Morgan fingerprint density at radius 3 is 2.79 bits per heavy atom. The quantitative estimate of drug-likeness (QED) is 0.765. The van der Waals surface area contributed by atoms with Gasteiger partial charge < -0.3 is 9.84 Å². The van der Waals surface area contributed by atoms with E-state index in [1.807, 2.05) is 6.07 Å². The van der Waals surface area contributed by atoms with E-state index in [9.17, 15) is 4.79 Å². The third-order valence-electron chi connectivity index (χ3n) is 3.03. The molecule has 1 unspecified atom stereocenters. The third-order valence-corrected chi connectivity index (χ3v) is 3.62. The highest BCUT2D eigenvalue weighted by Gasteiger charge is 2.14. The van der Waals surface area contributed by atoms with Crippen molar-refractivity contribution in [2.24, 2.45) is 0 Å². The van der Waals surface area contributed by atoms with E-state index in [0.717, 1.165) is 16.5 Å². The summed E-state index contributed by atoms with van der Waals surface area (Å²) in [6.07, 6.45) is 3.49. The molecule has 1 aromatic carbocycles. The van der Waals surface area contributed by atoms with Gasteiger partial charge in [0.1, 0.15) is 5.75 Å². The number of hydrogen-bond acceptors (Lipinski definition) is 2. The van der Waals surface area contributed by atoms with Crippen molar-refractivity contribution in [3.05, 3.63) is 40.4 Å². The molecule has 0 radical (unpaired) electrons. The lowest BCUT2D eigenvalue weighted by Crippen LogP contribution is -2.11. The van der Waals surface area contributed by atoms with Crippen LogP contribution in [0.2, 0.25) is 0 Å². The summed E-state index contributed by atoms with van der Waals surface area (Å²) in [5, 5.41) is 8.71. The molecule has 0 heterocycles. The fourth-order valence-electron chi connectivity index (χ4n) is 1.80. The molecule has 1 N–H and O–H groups in total. The number of hydrogen-bond donors (Lipinski definition) is 1. The predicted octanol–water partition coefficient (Wildman–Crippen LogP) is 4.15. The zero-order valence-electron chi connectivity index (χ0n) is 11.3. The number of carboxylic acid groups (broad SMARTS) is 1. The molecule has 0 amide bonds. The molecule has 0 saturated carbocycles. The lowest BCUT2D eigenvalue weighted by Gasteiger charge is -2.16. The van der Waals surface area contributed by atoms with Gasteiger partial charge in [-0.1, -0.05) is 26.0 Å². The topological polar surface area (TPSA) is 46.5 Å². The van der Waals surface area contributed by atoms with E-state index in [4.69, 9.17) is 9.84 Å². The second-order valence-corrected chi connectivity index (χ2v) is 5.33. The molecule has 1 rings (SSSR count). The normalized spacial score (nSPS) is 11.9. The van der Waals surface area contributed by atoms with Crippen molar-refractivity contribution in [2.45, 2.75) is 32.6 Å². The van der Waals surface area contributed by atoms with E-state index < -0.39 is 5.97 Å². The molecular weight excluding hydrogens is 308 g/mol. The Balaban J connectivity index is 3.14. The maximum Gasteiger partial charge on any atom is 0.341 e. The molecule has 0 fully saturated rings. The van der Waals surface area contributed by atoms with Crippen LogP contribution in [-0.2, 0) is 11.2 Å². The standard InChI is InChI=1S/C15H19BrO3/c1-4-6-11-7-12(10(3)5-2)8-13(16)15(11)19-9-14(17)18/h4,7-8,10H,1,5-6,9H2,2-3H3,(H,17,18). The van der Waals surface area contributed by atoms with Crippen molar-refractivity contribution in [1.82, 2.24) is 0 Å². The molecule has 0 aliphatic rings. The SMILES string of the molecule is C=CCc1cc(C(C)CC)cc(Br)c1OCC(=O)O. The Morgan fingerprint density at radius 1 is 1.58 bits per heavy atom. The first-order valence-corrected chi connectivity index (χ1v) is 7.06. The second kappa shape index (κ2) is 7.34. The van der Waals surface area contributed by atoms with Gasteiger partial charge in [0, 0.05) is 0 Å². The monoisotopic (exact) mass is 326 g/mol. The molecular formula is C15H19BrO3. The zero-order chi connectivity index (χ0) is 14.4. The first-order valence-electron chi connectivity index (χ1n) is 6.27. The molecule has 0 aromatic heterocycles. The summed E-state index contributed by atoms with van der Waals surface area (Å²) < 4.78 is 6.15. The van der Waals surface area contributed by atoms with Crippen LogP contribution in [0.25, 0.3) is 0 Å². The number of carboxylic acids is 1. The van der Waals surface area contributed by atoms with Crippen molar-refractivity contribution in [2.75, 3.05) is 6.61 Å². The van der Waals surface area contributed by atoms with Gasteiger partial charge in [-0.05, 0) is 51.9 Å². The number of benzene rings is 1. The second-order valence-electron chi connectivity index (χ2n) is 4.48. The average Bonchev–Trinajstić information content (AvgIpc) is 2.36. The number of aliphatic carboxylic acids is 1. The van der Waals surface area contributed by atoms with Crippen LogP contribution in [0.1, 0.15) is 37.3 Å². The lowest BCUT2D eigenvalue weighted by molar-refractivity contribution is -0.139. The van der Waals surface area contributed by atoms with E-state index in [1.165, 1.54) is 5.56 Å². The number of rotatable bonds is 7. The maximum atomic E-state index is 10.6. The Morgan fingerprint density at radius 2 is 2.26 bits per heavy atom. The zero-order valence-corrected chi connectivity index (χ0v) is 12.9. The fraction of sp³-hybridized carbons (Fsp3) is 0.400. The van der Waals surface area contributed by atoms with Crippen LogP contribution in [0.15, 0.2) is 29.3 Å². The van der Waals surface area contributed by atoms with Crippen molar-refractivity contribution >= 4 is 21.9 Å². The van der Waals surface area contributed by atoms with Crippen LogP contribution >= 0.6 is 15.9 Å². The van der Waals surface area contributed by atoms with Crippen LogP contribution < -0.4 is 4.74 Å². The summed E-state index contributed by atoms with van der Waals surface area (Å²) in [7, 11) is 0. The highest BCUT2D eigenvalue weighted by molar-refractivity contribution is 9.10. The largest absolute Gasteiger partial charge is 0.480 e. The molecule has 0 bridgehead atoms. The van der Waals surface area contributed by atoms with Gasteiger partial charge in [-0.3, -0.25) is 0 Å². The van der Waals surface area contributed by atoms with Crippen molar-refractivity contribution in [3.63, 3.8) is 0 Å². The minimum absolute atomic E-state index is 0.342. The van der Waals surface area contributed by atoms with E-state index in [1.54, 1.807) is 6.08 Å². The van der Waals surface area contributed by atoms with Crippen LogP contribution in [0.3, 0.4) is 0 Å². The van der Waals surface area contributed by atoms with Gasteiger partial charge in [0.2, 0.25) is 0 Å². The molecule has 4 heteroatoms. The Bertz CT molecular complexity index is 469. The molecule has 104 valence electrons. The molecule has 0 aliphatic heterocycles. The summed E-state index contributed by atoms with van der Waals surface area (Å²) in [5.41, 5.74) is 2.18. The number of allylic oxidation sites excluding steroid dienone is 1. The number of carbonyl (C=O) groups is 1. The van der Waals surface area contributed by atoms with Gasteiger partial charge in [0.15, 0.2) is 6.61 Å². The lowest BCUT2D eigenvalue weighted by atomic mass is 9.95. The molecule has 3 nitrogen and oxygen atoms in total. The highest BCUT2D eigenvalue weighted by atomic mass is 79.9. The Hall–Kier alpha value is -1.29. The number of ether oxygens (including phenoxy) is 1. The van der Waals surface area contributed by atoms with Crippen LogP contribution in [0.4, 0.5) is 0 Å². The van der Waals surface area contributed by atoms with Gasteiger partial charge in [-0.15, -0.1) is 6.58 Å².